The van der Waals surface area contributed by atoms with Crippen molar-refractivity contribution in [1.29, 1.82) is 5.41 Å². The maximum atomic E-state index is 12.2. The van der Waals surface area contributed by atoms with Gasteiger partial charge in [-0.15, -0.1) is 0 Å². The van der Waals surface area contributed by atoms with Crippen molar-refractivity contribution in [1.82, 2.24) is 10.2 Å². The van der Waals surface area contributed by atoms with Crippen LogP contribution in [0.4, 0.5) is 4.79 Å². The van der Waals surface area contributed by atoms with Crippen LogP contribution in [0.2, 0.25) is 0 Å². The Labute approximate surface area is 115 Å². The smallest absolute Gasteiger partial charge is 0.311 e. The maximum Gasteiger partial charge on any atom is 0.323 e. The summed E-state index contributed by atoms with van der Waals surface area (Å²) in [4.78, 5) is 14.2. The zero-order chi connectivity index (χ0) is 13.5. The van der Waals surface area contributed by atoms with E-state index in [1.165, 1.54) is 25.7 Å². The Bertz CT molecular complexity index is 391. The van der Waals surface area contributed by atoms with Gasteiger partial charge in [0.15, 0.2) is 0 Å². The first kappa shape index (κ1) is 12.9. The first-order valence-electron chi connectivity index (χ1n) is 7.83. The van der Waals surface area contributed by atoms with E-state index in [-0.39, 0.29) is 11.6 Å². The van der Waals surface area contributed by atoms with E-state index in [0.29, 0.717) is 11.8 Å². The number of rotatable bonds is 3. The van der Waals surface area contributed by atoms with E-state index in [9.17, 15) is 4.79 Å². The van der Waals surface area contributed by atoms with Gasteiger partial charge in [0.25, 0.3) is 0 Å². The van der Waals surface area contributed by atoms with Crippen molar-refractivity contribution in [2.45, 2.75) is 63.8 Å². The number of hydrogen-bond donors (Lipinski definition) is 2. The lowest BCUT2D eigenvalue weighted by Gasteiger charge is -2.36. The number of hydrogen-bond acceptors (Lipinski definition) is 2. The molecule has 0 aromatic heterocycles. The topological polar surface area (TPSA) is 56.2 Å². The molecule has 4 heteroatoms. The minimum absolute atomic E-state index is 0.0214. The van der Waals surface area contributed by atoms with E-state index in [0.717, 1.165) is 38.1 Å². The van der Waals surface area contributed by atoms with Gasteiger partial charge in [-0.25, -0.2) is 4.79 Å². The van der Waals surface area contributed by atoms with Gasteiger partial charge in [-0.05, 0) is 43.9 Å². The van der Waals surface area contributed by atoms with Crippen LogP contribution in [0.25, 0.3) is 0 Å². The molecule has 0 bridgehead atoms. The van der Waals surface area contributed by atoms with Crippen LogP contribution in [0.1, 0.15) is 58.3 Å². The van der Waals surface area contributed by atoms with Gasteiger partial charge in [-0.2, -0.15) is 0 Å². The number of nitrogens with one attached hydrogen (secondary N) is 2. The zero-order valence-corrected chi connectivity index (χ0v) is 11.9. The molecule has 2 amide bonds. The lowest BCUT2D eigenvalue weighted by Crippen LogP contribution is -2.50. The van der Waals surface area contributed by atoms with Crippen molar-refractivity contribution in [2.75, 3.05) is 6.54 Å². The lowest BCUT2D eigenvalue weighted by molar-refractivity contribution is 0.157. The fourth-order valence-corrected chi connectivity index (χ4v) is 3.76. The van der Waals surface area contributed by atoms with Crippen LogP contribution in [0.3, 0.4) is 0 Å². The summed E-state index contributed by atoms with van der Waals surface area (Å²) >= 11 is 0. The molecule has 106 valence electrons. The second-order valence-electron chi connectivity index (χ2n) is 6.60. The summed E-state index contributed by atoms with van der Waals surface area (Å²) in [5.74, 6) is 1.94. The average molecular weight is 263 g/mol. The van der Waals surface area contributed by atoms with Crippen LogP contribution in [0.15, 0.2) is 0 Å². The third-order valence-electron chi connectivity index (χ3n) is 5.34. The summed E-state index contributed by atoms with van der Waals surface area (Å²) in [6.45, 7) is 3.12. The number of carbonyl (C=O) groups excluding carboxylic acids is 1. The van der Waals surface area contributed by atoms with Gasteiger partial charge in [-0.3, -0.25) is 10.7 Å². The van der Waals surface area contributed by atoms with Gasteiger partial charge in [-0.1, -0.05) is 26.2 Å². The Kier molecular flexibility index (Phi) is 3.27. The second kappa shape index (κ2) is 4.80. The molecule has 2 N–H and O–H groups in total. The Hall–Kier alpha value is -1.06. The molecule has 0 radical (unpaired) electrons. The van der Waals surface area contributed by atoms with Gasteiger partial charge >= 0.3 is 6.03 Å². The maximum absolute atomic E-state index is 12.2. The summed E-state index contributed by atoms with van der Waals surface area (Å²) in [7, 11) is 0. The monoisotopic (exact) mass is 263 g/mol. The van der Waals surface area contributed by atoms with Crippen molar-refractivity contribution in [2.24, 2.45) is 11.8 Å². The minimum atomic E-state index is -0.288. The van der Waals surface area contributed by atoms with Crippen molar-refractivity contribution in [3.8, 4) is 0 Å². The van der Waals surface area contributed by atoms with Crippen LogP contribution in [0.5, 0.6) is 0 Å². The van der Waals surface area contributed by atoms with Crippen LogP contribution in [0, 0.1) is 17.2 Å². The van der Waals surface area contributed by atoms with Crippen LogP contribution < -0.4 is 5.32 Å². The molecule has 1 spiro atoms. The molecule has 0 aromatic rings. The molecule has 4 nitrogen and oxygen atoms in total. The van der Waals surface area contributed by atoms with Crippen LogP contribution >= 0.6 is 0 Å². The lowest BCUT2D eigenvalue weighted by atomic mass is 9.87. The third kappa shape index (κ3) is 2.26. The van der Waals surface area contributed by atoms with Gasteiger partial charge in [0.05, 0.1) is 0 Å². The number of amidine groups is 1. The standard InChI is InChI=1S/C15H25N3O/c1-2-11-4-3-8-15(9-7-11)13(16)17-14(19)18(15)10-12-5-6-12/h11-12H,2-10H2,1H3,(H2,16,17,19). The molecule has 0 aromatic carbocycles. The molecule has 19 heavy (non-hydrogen) atoms. The SMILES string of the molecule is CCC1CCCC2(CC1)C(=N)NC(=O)N2CC1CC1. The molecule has 2 aliphatic carbocycles. The molecule has 2 unspecified atom stereocenters. The first-order chi connectivity index (χ1) is 9.15. The molecule has 1 heterocycles. The molecule has 2 saturated carbocycles. The van der Waals surface area contributed by atoms with Crippen molar-refractivity contribution in [3.05, 3.63) is 0 Å². The summed E-state index contributed by atoms with van der Waals surface area (Å²) in [6, 6.07) is -0.0214. The predicted molar refractivity (Wildman–Crippen MR) is 75.3 cm³/mol. The summed E-state index contributed by atoms with van der Waals surface area (Å²) in [6.07, 6.45) is 9.27. The Morgan fingerprint density at radius 3 is 2.74 bits per heavy atom. The average Bonchev–Trinajstić information content (AvgIpc) is 3.19. The molecule has 1 aliphatic heterocycles. The first-order valence-corrected chi connectivity index (χ1v) is 7.83. The summed E-state index contributed by atoms with van der Waals surface area (Å²) < 4.78 is 0. The largest absolute Gasteiger partial charge is 0.323 e. The summed E-state index contributed by atoms with van der Waals surface area (Å²) in [5, 5.41) is 11.1. The highest BCUT2D eigenvalue weighted by Gasteiger charge is 2.51. The van der Waals surface area contributed by atoms with Crippen LogP contribution in [-0.4, -0.2) is 28.9 Å². The van der Waals surface area contributed by atoms with Gasteiger partial charge < -0.3 is 4.90 Å². The highest BCUT2D eigenvalue weighted by molar-refractivity contribution is 6.08. The van der Waals surface area contributed by atoms with E-state index in [2.05, 4.69) is 12.2 Å². The number of nitrogens with zero attached hydrogens (tertiary/aromatic N) is 1. The van der Waals surface area contributed by atoms with Gasteiger partial charge in [0.1, 0.15) is 11.4 Å². The Morgan fingerprint density at radius 2 is 2.05 bits per heavy atom. The molecular formula is C15H25N3O. The molecule has 3 aliphatic rings. The van der Waals surface area contributed by atoms with Crippen molar-refractivity contribution in [3.63, 3.8) is 0 Å². The number of amides is 2. The number of carbonyl (C=O) groups is 1. The van der Waals surface area contributed by atoms with E-state index in [1.807, 2.05) is 4.90 Å². The third-order valence-corrected chi connectivity index (χ3v) is 5.34. The quantitative estimate of drug-likeness (QED) is 0.807. The normalized spacial score (nSPS) is 35.6. The highest BCUT2D eigenvalue weighted by Crippen LogP contribution is 2.41. The fraction of sp³-hybridized carbons (Fsp3) is 0.867. The zero-order valence-electron chi connectivity index (χ0n) is 11.9. The molecular weight excluding hydrogens is 238 g/mol. The van der Waals surface area contributed by atoms with E-state index in [4.69, 9.17) is 5.41 Å². The van der Waals surface area contributed by atoms with E-state index in [1.54, 1.807) is 0 Å². The number of urea groups is 1. The Morgan fingerprint density at radius 1 is 1.26 bits per heavy atom. The summed E-state index contributed by atoms with van der Waals surface area (Å²) in [5.41, 5.74) is -0.288. The highest BCUT2D eigenvalue weighted by atomic mass is 16.2. The minimum Gasteiger partial charge on any atom is -0.311 e. The van der Waals surface area contributed by atoms with Crippen molar-refractivity contribution < 1.29 is 4.79 Å². The van der Waals surface area contributed by atoms with Crippen LogP contribution in [-0.2, 0) is 0 Å². The van der Waals surface area contributed by atoms with E-state index >= 15 is 0 Å². The second-order valence-corrected chi connectivity index (χ2v) is 6.60. The Balaban J connectivity index is 1.81. The fourth-order valence-electron chi connectivity index (χ4n) is 3.76. The van der Waals surface area contributed by atoms with Gasteiger partial charge in [0.2, 0.25) is 0 Å². The molecule has 2 atom stereocenters. The molecule has 3 rings (SSSR count). The predicted octanol–water partition coefficient (Wildman–Crippen LogP) is 3.13. The molecule has 1 saturated heterocycles. The van der Waals surface area contributed by atoms with Crippen molar-refractivity contribution >= 4 is 11.9 Å². The molecule has 3 fully saturated rings. The van der Waals surface area contributed by atoms with E-state index < -0.39 is 0 Å². The van der Waals surface area contributed by atoms with Gasteiger partial charge in [0, 0.05) is 6.54 Å².